The van der Waals surface area contributed by atoms with Crippen molar-refractivity contribution in [1.29, 1.82) is 5.41 Å². The number of amides is 1. The van der Waals surface area contributed by atoms with Gasteiger partial charge in [-0.3, -0.25) is 10.2 Å². The summed E-state index contributed by atoms with van der Waals surface area (Å²) in [4.78, 5) is 31.5. The summed E-state index contributed by atoms with van der Waals surface area (Å²) in [5, 5.41) is 12.3. The number of thiophene rings is 1. The van der Waals surface area contributed by atoms with Crippen molar-refractivity contribution >= 4 is 52.1 Å². The van der Waals surface area contributed by atoms with Gasteiger partial charge in [-0.15, -0.1) is 34.4 Å². The number of benzene rings is 1. The van der Waals surface area contributed by atoms with Gasteiger partial charge in [0.15, 0.2) is 6.61 Å². The summed E-state index contributed by atoms with van der Waals surface area (Å²) in [7, 11) is 0. The molecule has 202 valence electrons. The number of carbonyl (C=O) groups is 2. The monoisotopic (exact) mass is 584 g/mol. The topological polar surface area (TPSA) is 119 Å². The maximum absolute atomic E-state index is 12.6. The summed E-state index contributed by atoms with van der Waals surface area (Å²) in [6, 6.07) is 9.01. The van der Waals surface area contributed by atoms with Crippen LogP contribution in [0.5, 0.6) is 5.75 Å². The second-order valence-electron chi connectivity index (χ2n) is 8.30. The number of ether oxygens (including phenoxy) is 2. The SMILES string of the molecule is N=C(N)c1cc(SCc2nc(-c3cccc(OCC(=O)N4CCCC(OC(=O)C(F)(F)F)C4)c3)cs2)cs1. The van der Waals surface area contributed by atoms with Crippen LogP contribution in [0.3, 0.4) is 0 Å². The number of alkyl halides is 3. The molecule has 1 aliphatic rings. The third kappa shape index (κ3) is 7.48. The largest absolute Gasteiger partial charge is 0.490 e. The third-order valence-electron chi connectivity index (χ3n) is 5.48. The minimum atomic E-state index is -5.07. The third-order valence-corrected chi connectivity index (χ3v) is 8.61. The molecule has 1 aromatic carbocycles. The molecule has 0 radical (unpaired) electrons. The highest BCUT2D eigenvalue weighted by atomic mass is 32.2. The maximum Gasteiger partial charge on any atom is 0.490 e. The fourth-order valence-electron chi connectivity index (χ4n) is 3.65. The second-order valence-corrected chi connectivity index (χ2v) is 11.2. The molecule has 1 unspecified atom stereocenters. The highest BCUT2D eigenvalue weighted by molar-refractivity contribution is 7.98. The van der Waals surface area contributed by atoms with E-state index in [0.717, 1.165) is 26.0 Å². The van der Waals surface area contributed by atoms with Crippen LogP contribution in [0.4, 0.5) is 13.2 Å². The Hall–Kier alpha value is -3.10. The van der Waals surface area contributed by atoms with Crippen LogP contribution in [0.15, 0.2) is 46.0 Å². The number of nitrogens with zero attached hydrogens (tertiary/aromatic N) is 2. The van der Waals surface area contributed by atoms with Gasteiger partial charge in [0.2, 0.25) is 0 Å². The van der Waals surface area contributed by atoms with Gasteiger partial charge in [0, 0.05) is 27.8 Å². The number of carbonyl (C=O) groups excluding carboxylic acids is 2. The standard InChI is InChI=1S/C24H23F3N4O4S3/c25-24(26,27)23(33)35-16-5-2-6-31(9-16)21(32)10-34-15-4-1-3-14(7-15)18-12-38-20(30-18)13-36-17-8-19(22(28)29)37-11-17/h1,3-4,7-8,11-12,16H,2,5-6,9-10,13H2,(H3,28,29). The predicted octanol–water partition coefficient (Wildman–Crippen LogP) is 4.92. The Morgan fingerprint density at radius 3 is 2.79 bits per heavy atom. The number of amidine groups is 1. The molecule has 1 atom stereocenters. The molecule has 1 saturated heterocycles. The van der Waals surface area contributed by atoms with Crippen LogP contribution in [-0.2, 0) is 20.1 Å². The lowest BCUT2D eigenvalue weighted by atomic mass is 10.1. The van der Waals surface area contributed by atoms with Crippen molar-refractivity contribution in [1.82, 2.24) is 9.88 Å². The number of thioether (sulfide) groups is 1. The smallest absolute Gasteiger partial charge is 0.484 e. The molecule has 0 aliphatic carbocycles. The van der Waals surface area contributed by atoms with E-state index in [2.05, 4.69) is 9.72 Å². The number of rotatable bonds is 9. The van der Waals surface area contributed by atoms with Gasteiger partial charge in [0.05, 0.1) is 22.9 Å². The first-order valence-electron chi connectivity index (χ1n) is 11.4. The van der Waals surface area contributed by atoms with E-state index in [4.69, 9.17) is 15.9 Å². The number of nitrogen functional groups attached to an aromatic ring is 1. The minimum absolute atomic E-state index is 0.0498. The Balaban J connectivity index is 1.29. The maximum atomic E-state index is 12.6. The van der Waals surface area contributed by atoms with Crippen LogP contribution >= 0.6 is 34.4 Å². The van der Waals surface area contributed by atoms with Gasteiger partial charge in [-0.05, 0) is 31.0 Å². The van der Waals surface area contributed by atoms with Crippen molar-refractivity contribution in [3.63, 3.8) is 0 Å². The van der Waals surface area contributed by atoms with Gasteiger partial charge in [-0.1, -0.05) is 12.1 Å². The molecule has 3 heterocycles. The molecule has 8 nitrogen and oxygen atoms in total. The van der Waals surface area contributed by atoms with Gasteiger partial charge in [-0.2, -0.15) is 13.2 Å². The van der Waals surface area contributed by atoms with Crippen molar-refractivity contribution in [3.05, 3.63) is 51.0 Å². The predicted molar refractivity (Wildman–Crippen MR) is 140 cm³/mol. The number of hydrogen-bond donors (Lipinski definition) is 2. The Morgan fingerprint density at radius 2 is 2.05 bits per heavy atom. The molecular formula is C24H23F3N4O4S3. The van der Waals surface area contributed by atoms with Crippen molar-refractivity contribution in [2.45, 2.75) is 35.8 Å². The number of nitrogens with two attached hydrogens (primary N) is 1. The number of hydrogen-bond acceptors (Lipinski definition) is 9. The zero-order valence-electron chi connectivity index (χ0n) is 19.8. The summed E-state index contributed by atoms with van der Waals surface area (Å²) in [5.74, 6) is -1.49. The molecule has 4 rings (SSSR count). The molecule has 1 aliphatic heterocycles. The Labute approximate surface area is 228 Å². The van der Waals surface area contributed by atoms with Crippen molar-refractivity contribution in [2.24, 2.45) is 5.73 Å². The molecule has 1 fully saturated rings. The molecule has 0 saturated carbocycles. The molecule has 0 bridgehead atoms. The fraction of sp³-hybridized carbons (Fsp3) is 0.333. The lowest BCUT2D eigenvalue weighted by Crippen LogP contribution is -2.46. The summed E-state index contributed by atoms with van der Waals surface area (Å²) in [5.41, 5.74) is 7.10. The number of halogens is 3. The van der Waals surface area contributed by atoms with Crippen LogP contribution in [0.2, 0.25) is 0 Å². The summed E-state index contributed by atoms with van der Waals surface area (Å²) in [6.45, 7) is -0.0558. The van der Waals surface area contributed by atoms with Gasteiger partial charge < -0.3 is 20.1 Å². The zero-order chi connectivity index (χ0) is 27.3. The Morgan fingerprint density at radius 1 is 1.24 bits per heavy atom. The van der Waals surface area contributed by atoms with Crippen LogP contribution < -0.4 is 10.5 Å². The summed E-state index contributed by atoms with van der Waals surface area (Å²) in [6.07, 6.45) is -5.39. The van der Waals surface area contributed by atoms with Crippen LogP contribution in [0.1, 0.15) is 22.7 Å². The number of thiazole rings is 1. The molecule has 1 amide bonds. The quantitative estimate of drug-likeness (QED) is 0.159. The second kappa shape index (κ2) is 12.2. The molecule has 2 aromatic heterocycles. The van der Waals surface area contributed by atoms with Crippen LogP contribution in [-0.4, -0.2) is 59.6 Å². The highest BCUT2D eigenvalue weighted by Crippen LogP contribution is 2.31. The normalized spacial score (nSPS) is 15.8. The van der Waals surface area contributed by atoms with Crippen LogP contribution in [0, 0.1) is 5.41 Å². The van der Waals surface area contributed by atoms with Crippen molar-refractivity contribution < 1.29 is 32.2 Å². The first-order valence-corrected chi connectivity index (χ1v) is 14.1. The first-order chi connectivity index (χ1) is 18.1. The van der Waals surface area contributed by atoms with E-state index in [9.17, 15) is 22.8 Å². The van der Waals surface area contributed by atoms with E-state index in [1.807, 2.05) is 22.9 Å². The molecule has 3 aromatic rings. The lowest BCUT2D eigenvalue weighted by Gasteiger charge is -2.32. The van der Waals surface area contributed by atoms with E-state index >= 15 is 0 Å². The van der Waals surface area contributed by atoms with Crippen LogP contribution in [0.25, 0.3) is 11.3 Å². The number of piperidine rings is 1. The van der Waals surface area contributed by atoms with Gasteiger partial charge in [0.25, 0.3) is 5.91 Å². The van der Waals surface area contributed by atoms with Gasteiger partial charge >= 0.3 is 12.1 Å². The van der Waals surface area contributed by atoms with E-state index < -0.39 is 24.2 Å². The zero-order valence-corrected chi connectivity index (χ0v) is 22.3. The summed E-state index contributed by atoms with van der Waals surface area (Å²) < 4.78 is 47.6. The molecule has 38 heavy (non-hydrogen) atoms. The summed E-state index contributed by atoms with van der Waals surface area (Å²) >= 11 is 4.56. The van der Waals surface area contributed by atoms with Crippen molar-refractivity contribution in [2.75, 3.05) is 19.7 Å². The number of aromatic nitrogens is 1. The lowest BCUT2D eigenvalue weighted by molar-refractivity contribution is -0.206. The number of nitrogens with one attached hydrogen (secondary N) is 1. The number of esters is 1. The fourth-order valence-corrected chi connectivity index (χ4v) is 6.37. The first kappa shape index (κ1) is 27.9. The highest BCUT2D eigenvalue weighted by Gasteiger charge is 2.43. The van der Waals surface area contributed by atoms with E-state index in [-0.39, 0.29) is 25.4 Å². The Bertz CT molecular complexity index is 1310. The molecule has 14 heteroatoms. The van der Waals surface area contributed by atoms with Gasteiger partial charge in [0.1, 0.15) is 22.7 Å². The van der Waals surface area contributed by atoms with E-state index in [1.54, 1.807) is 30.0 Å². The minimum Gasteiger partial charge on any atom is -0.484 e. The average molecular weight is 585 g/mol. The van der Waals surface area contributed by atoms with E-state index in [0.29, 0.717) is 24.5 Å². The van der Waals surface area contributed by atoms with E-state index in [1.165, 1.54) is 27.6 Å². The number of likely N-dealkylation sites (tertiary alicyclic amines) is 1. The van der Waals surface area contributed by atoms with Gasteiger partial charge in [-0.25, -0.2) is 9.78 Å². The molecular weight excluding hydrogens is 561 g/mol. The molecule has 0 spiro atoms. The average Bonchev–Trinajstić information content (AvgIpc) is 3.56. The Kier molecular flexibility index (Phi) is 8.95. The van der Waals surface area contributed by atoms with Crippen molar-refractivity contribution in [3.8, 4) is 17.0 Å². The molecule has 3 N–H and O–H groups in total.